The lowest BCUT2D eigenvalue weighted by Gasteiger charge is -2.39. The van der Waals surface area contributed by atoms with Crippen molar-refractivity contribution < 1.29 is 9.16 Å². The maximum absolute atomic E-state index is 6.03. The van der Waals surface area contributed by atoms with Crippen LogP contribution in [0.25, 0.3) is 0 Å². The molecule has 1 aliphatic heterocycles. The van der Waals surface area contributed by atoms with Gasteiger partial charge in [0.25, 0.3) is 0 Å². The molecule has 0 unspecified atom stereocenters. The zero-order valence-electron chi connectivity index (χ0n) is 9.33. The summed E-state index contributed by atoms with van der Waals surface area (Å²) in [6, 6.07) is 0.473. The highest BCUT2D eigenvalue weighted by atomic mass is 28.4. The van der Waals surface area contributed by atoms with E-state index in [1.165, 1.54) is 0 Å². The molecule has 1 heterocycles. The van der Waals surface area contributed by atoms with Crippen LogP contribution < -0.4 is 0 Å². The highest BCUT2D eigenvalue weighted by Gasteiger charge is 2.30. The van der Waals surface area contributed by atoms with E-state index in [1.807, 2.05) is 0 Å². The Kier molecular flexibility index (Phi) is 3.51. The van der Waals surface area contributed by atoms with E-state index in [1.54, 1.807) is 0 Å². The second-order valence-corrected chi connectivity index (χ2v) is 9.23. The van der Waals surface area contributed by atoms with E-state index in [0.29, 0.717) is 6.04 Å². The average Bonchev–Trinajstić information content (AvgIpc) is 1.96. The van der Waals surface area contributed by atoms with Gasteiger partial charge in [0.15, 0.2) is 8.32 Å². The number of ether oxygens (including phenoxy) is 1. The van der Waals surface area contributed by atoms with Crippen molar-refractivity contribution in [1.82, 2.24) is 4.90 Å². The Morgan fingerprint density at radius 3 is 2.54 bits per heavy atom. The molecule has 0 spiro atoms. The molecule has 0 aromatic heterocycles. The first-order valence-corrected chi connectivity index (χ1v) is 8.27. The average molecular weight is 203 g/mol. The molecule has 1 fully saturated rings. The predicted octanol–water partition coefficient (Wildman–Crippen LogP) is 1.51. The van der Waals surface area contributed by atoms with E-state index in [0.717, 1.165) is 13.3 Å². The van der Waals surface area contributed by atoms with Crippen molar-refractivity contribution in [2.45, 2.75) is 38.7 Å². The molecule has 0 bridgehead atoms. The van der Waals surface area contributed by atoms with Crippen molar-refractivity contribution in [1.29, 1.82) is 0 Å². The van der Waals surface area contributed by atoms with E-state index in [2.05, 4.69) is 38.5 Å². The summed E-state index contributed by atoms with van der Waals surface area (Å²) < 4.78 is 11.5. The van der Waals surface area contributed by atoms with Crippen molar-refractivity contribution >= 4 is 8.32 Å². The third kappa shape index (κ3) is 3.38. The molecule has 0 N–H and O–H groups in total. The standard InChI is InChI=1S/C9H21NO2Si/c1-8-9(12-13(3,4)5)6-11-7-10(8)2/h8-9H,6-7H2,1-5H3/t8-,9+/m1/s1. The van der Waals surface area contributed by atoms with Crippen LogP contribution in [0.4, 0.5) is 0 Å². The van der Waals surface area contributed by atoms with Gasteiger partial charge in [-0.2, -0.15) is 0 Å². The fraction of sp³-hybridized carbons (Fsp3) is 1.00. The molecule has 0 amide bonds. The van der Waals surface area contributed by atoms with Crippen molar-refractivity contribution in [2.24, 2.45) is 0 Å². The molecule has 1 rings (SSSR count). The van der Waals surface area contributed by atoms with Crippen LogP contribution in [0.5, 0.6) is 0 Å². The predicted molar refractivity (Wildman–Crippen MR) is 56.3 cm³/mol. The number of rotatable bonds is 2. The van der Waals surface area contributed by atoms with Crippen molar-refractivity contribution in [3.05, 3.63) is 0 Å². The van der Waals surface area contributed by atoms with Crippen LogP contribution in [-0.2, 0) is 9.16 Å². The molecule has 0 saturated carbocycles. The topological polar surface area (TPSA) is 21.7 Å². The van der Waals surface area contributed by atoms with Gasteiger partial charge in [-0.15, -0.1) is 0 Å². The monoisotopic (exact) mass is 203 g/mol. The summed E-state index contributed by atoms with van der Waals surface area (Å²) in [5.41, 5.74) is 0. The van der Waals surface area contributed by atoms with Crippen LogP contribution in [0, 0.1) is 0 Å². The summed E-state index contributed by atoms with van der Waals surface area (Å²) >= 11 is 0. The van der Waals surface area contributed by atoms with E-state index < -0.39 is 8.32 Å². The van der Waals surface area contributed by atoms with Gasteiger partial charge in [-0.25, -0.2) is 0 Å². The number of hydrogen-bond donors (Lipinski definition) is 0. The minimum absolute atomic E-state index is 0.255. The van der Waals surface area contributed by atoms with Crippen LogP contribution in [0.2, 0.25) is 19.6 Å². The molecule has 0 aromatic carbocycles. The van der Waals surface area contributed by atoms with Gasteiger partial charge in [-0.3, -0.25) is 4.90 Å². The summed E-state index contributed by atoms with van der Waals surface area (Å²) in [6.07, 6.45) is 0.255. The Balaban J connectivity index is 2.49. The number of nitrogens with zero attached hydrogens (tertiary/aromatic N) is 1. The molecule has 2 atom stereocenters. The first-order chi connectivity index (χ1) is 5.90. The second kappa shape index (κ2) is 4.08. The van der Waals surface area contributed by atoms with Crippen LogP contribution in [0.1, 0.15) is 6.92 Å². The lowest BCUT2D eigenvalue weighted by atomic mass is 10.1. The van der Waals surface area contributed by atoms with Gasteiger partial charge < -0.3 is 9.16 Å². The van der Waals surface area contributed by atoms with E-state index in [-0.39, 0.29) is 6.10 Å². The molecule has 0 aliphatic carbocycles. The maximum atomic E-state index is 6.03. The smallest absolute Gasteiger partial charge is 0.184 e. The highest BCUT2D eigenvalue weighted by molar-refractivity contribution is 6.69. The van der Waals surface area contributed by atoms with Gasteiger partial charge in [-0.1, -0.05) is 0 Å². The summed E-state index contributed by atoms with van der Waals surface area (Å²) in [6.45, 7) is 10.3. The highest BCUT2D eigenvalue weighted by Crippen LogP contribution is 2.17. The Hall–Kier alpha value is 0.0969. The first-order valence-electron chi connectivity index (χ1n) is 4.86. The third-order valence-corrected chi connectivity index (χ3v) is 3.33. The molecule has 1 saturated heterocycles. The second-order valence-electron chi connectivity index (χ2n) is 4.77. The van der Waals surface area contributed by atoms with Crippen LogP contribution in [0.15, 0.2) is 0 Å². The van der Waals surface area contributed by atoms with Gasteiger partial charge in [0.2, 0.25) is 0 Å². The molecule has 0 aromatic rings. The summed E-state index contributed by atoms with van der Waals surface area (Å²) in [5, 5.41) is 0. The Labute approximate surface area is 82.1 Å². The number of likely N-dealkylation sites (N-methyl/N-ethyl adjacent to an activating group) is 1. The van der Waals surface area contributed by atoms with Crippen LogP contribution in [-0.4, -0.2) is 45.7 Å². The van der Waals surface area contributed by atoms with Crippen molar-refractivity contribution in [3.8, 4) is 0 Å². The fourth-order valence-electron chi connectivity index (χ4n) is 1.44. The van der Waals surface area contributed by atoms with Gasteiger partial charge in [0, 0.05) is 6.04 Å². The Morgan fingerprint density at radius 2 is 2.00 bits per heavy atom. The Bertz CT molecular complexity index is 169. The van der Waals surface area contributed by atoms with Gasteiger partial charge in [0.05, 0.1) is 19.4 Å². The molecule has 3 nitrogen and oxygen atoms in total. The third-order valence-electron chi connectivity index (χ3n) is 2.32. The van der Waals surface area contributed by atoms with Gasteiger partial charge in [-0.05, 0) is 33.6 Å². The molecule has 78 valence electrons. The summed E-state index contributed by atoms with van der Waals surface area (Å²) in [5.74, 6) is 0. The molecular weight excluding hydrogens is 182 g/mol. The minimum atomic E-state index is -1.42. The lowest BCUT2D eigenvalue weighted by Crippen LogP contribution is -2.52. The van der Waals surface area contributed by atoms with E-state index >= 15 is 0 Å². The van der Waals surface area contributed by atoms with Crippen LogP contribution >= 0.6 is 0 Å². The lowest BCUT2D eigenvalue weighted by molar-refractivity contribution is -0.0955. The fourth-order valence-corrected chi connectivity index (χ4v) is 2.61. The number of hydrogen-bond acceptors (Lipinski definition) is 3. The van der Waals surface area contributed by atoms with E-state index in [9.17, 15) is 0 Å². The first kappa shape index (κ1) is 11.2. The van der Waals surface area contributed by atoms with Gasteiger partial charge >= 0.3 is 0 Å². The molecule has 1 aliphatic rings. The Morgan fingerprint density at radius 1 is 1.38 bits per heavy atom. The van der Waals surface area contributed by atoms with E-state index in [4.69, 9.17) is 9.16 Å². The molecule has 0 radical (unpaired) electrons. The zero-order valence-corrected chi connectivity index (χ0v) is 10.3. The maximum Gasteiger partial charge on any atom is 0.184 e. The largest absolute Gasteiger partial charge is 0.411 e. The SMILES string of the molecule is C[C@@H]1[C@@H](O[Si](C)(C)C)COCN1C. The van der Waals surface area contributed by atoms with Gasteiger partial charge in [0.1, 0.15) is 0 Å². The quantitative estimate of drug-likeness (QED) is 0.635. The normalized spacial score (nSPS) is 32.1. The molecular formula is C9H21NO2Si. The molecule has 4 heteroatoms. The zero-order chi connectivity index (χ0) is 10.1. The summed E-state index contributed by atoms with van der Waals surface area (Å²) in [4.78, 5) is 2.19. The van der Waals surface area contributed by atoms with Crippen molar-refractivity contribution in [2.75, 3.05) is 20.4 Å². The minimum Gasteiger partial charge on any atom is -0.411 e. The summed E-state index contributed by atoms with van der Waals surface area (Å²) in [7, 11) is 0.651. The van der Waals surface area contributed by atoms with Crippen molar-refractivity contribution in [3.63, 3.8) is 0 Å². The van der Waals surface area contributed by atoms with Crippen LogP contribution in [0.3, 0.4) is 0 Å². The molecule has 13 heavy (non-hydrogen) atoms.